The van der Waals surface area contributed by atoms with Crippen molar-refractivity contribution in [1.29, 1.82) is 0 Å². The van der Waals surface area contributed by atoms with Crippen LogP contribution in [-0.2, 0) is 9.53 Å². The van der Waals surface area contributed by atoms with E-state index in [1.54, 1.807) is 18.9 Å². The largest absolute Gasteiger partial charge is 0.481 e. The SMILES string of the molecule is COCC1CCN(C(=O)N2CCCC(C)(C(=O)O)C2)CC1. The summed E-state index contributed by atoms with van der Waals surface area (Å²) in [4.78, 5) is 27.5. The molecule has 1 atom stereocenters. The number of aliphatic carboxylic acids is 1. The quantitative estimate of drug-likeness (QED) is 0.860. The summed E-state index contributed by atoms with van der Waals surface area (Å²) < 4.78 is 5.17. The Labute approximate surface area is 126 Å². The zero-order valence-electron chi connectivity index (χ0n) is 13.0. The van der Waals surface area contributed by atoms with Crippen molar-refractivity contribution in [2.75, 3.05) is 39.9 Å². The lowest BCUT2D eigenvalue weighted by Gasteiger charge is -2.41. The number of rotatable bonds is 3. The highest BCUT2D eigenvalue weighted by molar-refractivity contribution is 5.78. The molecule has 120 valence electrons. The number of carboxylic acid groups (broad SMARTS) is 1. The number of ether oxygens (including phenoxy) is 1. The van der Waals surface area contributed by atoms with E-state index in [1.807, 2.05) is 4.90 Å². The summed E-state index contributed by atoms with van der Waals surface area (Å²) in [7, 11) is 1.71. The lowest BCUT2D eigenvalue weighted by atomic mass is 9.82. The number of methoxy groups -OCH3 is 1. The van der Waals surface area contributed by atoms with Gasteiger partial charge in [-0.3, -0.25) is 4.79 Å². The van der Waals surface area contributed by atoms with Gasteiger partial charge in [0, 0.05) is 39.9 Å². The molecule has 0 bridgehead atoms. The Bertz CT molecular complexity index is 393. The molecule has 0 radical (unpaired) electrons. The smallest absolute Gasteiger partial charge is 0.320 e. The minimum atomic E-state index is -0.807. The second-order valence-corrected chi connectivity index (χ2v) is 6.56. The monoisotopic (exact) mass is 298 g/mol. The first kappa shape index (κ1) is 16.1. The second-order valence-electron chi connectivity index (χ2n) is 6.56. The summed E-state index contributed by atoms with van der Waals surface area (Å²) in [6, 6.07) is -0.00181. The van der Waals surface area contributed by atoms with Gasteiger partial charge in [-0.2, -0.15) is 0 Å². The van der Waals surface area contributed by atoms with Crippen molar-refractivity contribution in [1.82, 2.24) is 9.80 Å². The molecular weight excluding hydrogens is 272 g/mol. The van der Waals surface area contributed by atoms with Crippen molar-refractivity contribution >= 4 is 12.0 Å². The number of hydrogen-bond donors (Lipinski definition) is 1. The lowest BCUT2D eigenvalue weighted by molar-refractivity contribution is -0.150. The van der Waals surface area contributed by atoms with Crippen LogP contribution in [0.25, 0.3) is 0 Å². The Morgan fingerprint density at radius 2 is 1.90 bits per heavy atom. The topological polar surface area (TPSA) is 70.1 Å². The van der Waals surface area contributed by atoms with E-state index in [-0.39, 0.29) is 6.03 Å². The van der Waals surface area contributed by atoms with Crippen LogP contribution in [0.2, 0.25) is 0 Å². The minimum Gasteiger partial charge on any atom is -0.481 e. The first-order valence-electron chi connectivity index (χ1n) is 7.72. The van der Waals surface area contributed by atoms with E-state index in [9.17, 15) is 14.7 Å². The minimum absolute atomic E-state index is 0.00181. The summed E-state index contributed by atoms with van der Waals surface area (Å²) in [5, 5.41) is 9.34. The normalized spacial score (nSPS) is 27.7. The molecule has 21 heavy (non-hydrogen) atoms. The van der Waals surface area contributed by atoms with E-state index in [2.05, 4.69) is 0 Å². The maximum absolute atomic E-state index is 12.6. The van der Waals surface area contributed by atoms with Crippen molar-refractivity contribution in [2.45, 2.75) is 32.6 Å². The third-order valence-electron chi connectivity index (χ3n) is 4.77. The highest BCUT2D eigenvalue weighted by atomic mass is 16.5. The van der Waals surface area contributed by atoms with Gasteiger partial charge in [-0.1, -0.05) is 0 Å². The molecule has 1 unspecified atom stereocenters. The third kappa shape index (κ3) is 3.67. The van der Waals surface area contributed by atoms with E-state index < -0.39 is 11.4 Å². The van der Waals surface area contributed by atoms with Gasteiger partial charge >= 0.3 is 12.0 Å². The van der Waals surface area contributed by atoms with Gasteiger partial charge < -0.3 is 19.6 Å². The van der Waals surface area contributed by atoms with Crippen LogP contribution in [0.4, 0.5) is 4.79 Å². The highest BCUT2D eigenvalue weighted by Gasteiger charge is 2.40. The summed E-state index contributed by atoms with van der Waals surface area (Å²) >= 11 is 0. The van der Waals surface area contributed by atoms with Gasteiger partial charge in [-0.05, 0) is 38.5 Å². The Kier molecular flexibility index (Phi) is 5.08. The second kappa shape index (κ2) is 6.64. The van der Waals surface area contributed by atoms with Gasteiger partial charge in [0.05, 0.1) is 5.41 Å². The zero-order chi connectivity index (χ0) is 15.5. The number of nitrogens with zero attached hydrogens (tertiary/aromatic N) is 2. The van der Waals surface area contributed by atoms with E-state index in [0.29, 0.717) is 25.4 Å². The van der Waals surface area contributed by atoms with E-state index in [1.165, 1.54) is 0 Å². The van der Waals surface area contributed by atoms with E-state index >= 15 is 0 Å². The Hall–Kier alpha value is -1.30. The fourth-order valence-corrected chi connectivity index (χ4v) is 3.30. The number of carbonyl (C=O) groups is 2. The fourth-order valence-electron chi connectivity index (χ4n) is 3.30. The first-order valence-corrected chi connectivity index (χ1v) is 7.72. The van der Waals surface area contributed by atoms with Crippen LogP contribution in [0.15, 0.2) is 0 Å². The Morgan fingerprint density at radius 1 is 1.24 bits per heavy atom. The fraction of sp³-hybridized carbons (Fsp3) is 0.867. The maximum atomic E-state index is 12.6. The number of carbonyl (C=O) groups excluding carboxylic acids is 1. The van der Waals surface area contributed by atoms with Crippen LogP contribution in [0, 0.1) is 11.3 Å². The number of piperidine rings is 2. The summed E-state index contributed by atoms with van der Waals surface area (Å²) in [5.41, 5.74) is -0.803. The number of hydrogen-bond acceptors (Lipinski definition) is 3. The molecule has 0 spiro atoms. The van der Waals surface area contributed by atoms with Gasteiger partial charge in [0.1, 0.15) is 0 Å². The van der Waals surface area contributed by atoms with Crippen molar-refractivity contribution < 1.29 is 19.4 Å². The van der Waals surface area contributed by atoms with Crippen molar-refractivity contribution in [3.63, 3.8) is 0 Å². The van der Waals surface area contributed by atoms with Gasteiger partial charge in [-0.25, -0.2) is 4.79 Å². The molecule has 2 aliphatic heterocycles. The molecule has 2 rings (SSSR count). The van der Waals surface area contributed by atoms with E-state index in [4.69, 9.17) is 4.74 Å². The lowest BCUT2D eigenvalue weighted by Crippen LogP contribution is -2.54. The number of likely N-dealkylation sites (tertiary alicyclic amines) is 2. The zero-order valence-corrected chi connectivity index (χ0v) is 13.0. The van der Waals surface area contributed by atoms with Crippen LogP contribution in [0.1, 0.15) is 32.6 Å². The van der Waals surface area contributed by atoms with Crippen LogP contribution in [0.3, 0.4) is 0 Å². The molecular formula is C15H26N2O4. The average Bonchev–Trinajstić information content (AvgIpc) is 2.47. The number of carboxylic acids is 1. The van der Waals surface area contributed by atoms with E-state index in [0.717, 1.165) is 39.0 Å². The van der Waals surface area contributed by atoms with Crippen LogP contribution in [-0.4, -0.2) is 66.8 Å². The highest BCUT2D eigenvalue weighted by Crippen LogP contribution is 2.30. The molecule has 2 amide bonds. The van der Waals surface area contributed by atoms with Crippen LogP contribution < -0.4 is 0 Å². The summed E-state index contributed by atoms with van der Waals surface area (Å²) in [5.74, 6) is -0.275. The average molecular weight is 298 g/mol. The Balaban J connectivity index is 1.90. The maximum Gasteiger partial charge on any atom is 0.320 e. The molecule has 6 nitrogen and oxygen atoms in total. The standard InChI is InChI=1S/C15H26N2O4/c1-15(13(18)19)6-3-7-17(11-15)14(20)16-8-4-12(5-9-16)10-21-2/h12H,3-11H2,1-2H3,(H,18,19). The van der Waals surface area contributed by atoms with Gasteiger partial charge in [0.25, 0.3) is 0 Å². The molecule has 0 saturated carbocycles. The Morgan fingerprint density at radius 3 is 2.48 bits per heavy atom. The van der Waals surface area contributed by atoms with Crippen molar-refractivity contribution in [2.24, 2.45) is 11.3 Å². The molecule has 2 heterocycles. The van der Waals surface area contributed by atoms with Gasteiger partial charge in [-0.15, -0.1) is 0 Å². The van der Waals surface area contributed by atoms with Crippen LogP contribution >= 0.6 is 0 Å². The molecule has 0 aromatic carbocycles. The molecule has 1 N–H and O–H groups in total. The predicted molar refractivity (Wildman–Crippen MR) is 78.1 cm³/mol. The third-order valence-corrected chi connectivity index (χ3v) is 4.77. The van der Waals surface area contributed by atoms with Crippen molar-refractivity contribution in [3.8, 4) is 0 Å². The molecule has 2 saturated heterocycles. The number of urea groups is 1. The molecule has 2 aliphatic rings. The predicted octanol–water partition coefficient (Wildman–Crippen LogP) is 1.65. The number of amides is 2. The van der Waals surface area contributed by atoms with Gasteiger partial charge in [0.15, 0.2) is 0 Å². The summed E-state index contributed by atoms with van der Waals surface area (Å²) in [6.07, 6.45) is 3.32. The molecule has 2 fully saturated rings. The molecule has 0 aliphatic carbocycles. The van der Waals surface area contributed by atoms with Crippen molar-refractivity contribution in [3.05, 3.63) is 0 Å². The molecule has 0 aromatic heterocycles. The summed E-state index contributed by atoms with van der Waals surface area (Å²) in [6.45, 7) is 4.96. The van der Waals surface area contributed by atoms with Gasteiger partial charge in [0.2, 0.25) is 0 Å². The van der Waals surface area contributed by atoms with Crippen LogP contribution in [0.5, 0.6) is 0 Å². The molecule has 0 aromatic rings. The molecule has 6 heteroatoms. The first-order chi connectivity index (χ1) is 9.96.